The third-order valence-electron chi connectivity index (χ3n) is 7.52. The number of hydrogen-bond acceptors (Lipinski definition) is 8. The van der Waals surface area contributed by atoms with Crippen molar-refractivity contribution in [3.63, 3.8) is 0 Å². The van der Waals surface area contributed by atoms with E-state index >= 15 is 0 Å². The van der Waals surface area contributed by atoms with Gasteiger partial charge in [-0.25, -0.2) is 8.42 Å². The molecule has 1 aliphatic rings. The van der Waals surface area contributed by atoms with E-state index < -0.39 is 21.2 Å². The minimum Gasteiger partial charge on any atom is -0.495 e. The largest absolute Gasteiger partial charge is 0.495 e. The molecule has 1 atom stereocenters. The molecule has 6 radical (unpaired) electrons. The first-order chi connectivity index (χ1) is 20.9. The van der Waals surface area contributed by atoms with Crippen LogP contribution in [0.1, 0.15) is 31.9 Å². The Morgan fingerprint density at radius 2 is 1.89 bits per heavy atom. The predicted molar refractivity (Wildman–Crippen MR) is 179 cm³/mol. The maximum atomic E-state index is 11.9. The number of methoxy groups -OCH3 is 1. The highest BCUT2D eigenvalue weighted by Gasteiger charge is 2.23. The van der Waals surface area contributed by atoms with E-state index in [-0.39, 0.29) is 11.5 Å². The summed E-state index contributed by atoms with van der Waals surface area (Å²) in [5, 5.41) is 16.6. The summed E-state index contributed by atoms with van der Waals surface area (Å²) in [7, 11) is 14.4. The van der Waals surface area contributed by atoms with Gasteiger partial charge in [-0.2, -0.15) is 0 Å². The second kappa shape index (κ2) is 14.8. The summed E-state index contributed by atoms with van der Waals surface area (Å²) < 4.78 is 36.5. The number of aliphatic hydroxyl groups excluding tert-OH is 1. The summed E-state index contributed by atoms with van der Waals surface area (Å²) in [6, 6.07) is 13.5. The van der Waals surface area contributed by atoms with Gasteiger partial charge in [-0.05, 0) is 60.8 Å². The predicted octanol–water partition coefficient (Wildman–Crippen LogP) is 2.30. The van der Waals surface area contributed by atoms with Crippen molar-refractivity contribution >= 4 is 55.7 Å². The van der Waals surface area contributed by atoms with Crippen molar-refractivity contribution in [2.45, 2.75) is 55.1 Å². The van der Waals surface area contributed by atoms with Crippen molar-refractivity contribution in [2.24, 2.45) is 0 Å². The van der Waals surface area contributed by atoms with Crippen LogP contribution in [0, 0.1) is 11.8 Å². The SMILES string of the molecule is [B]C([B])([B])OCC(O)CN1CCC(Nc2cccc3c2cc(C#CCNc2ccc(S(C)(=O)=O)cc2OC)n3CCC)CC1. The number of aliphatic hydroxyl groups is 1. The molecular formula is C31H39B3N4O5S. The third-order valence-corrected chi connectivity index (χ3v) is 8.63. The average molecular weight is 612 g/mol. The fraction of sp³-hybridized carbons (Fsp3) is 0.484. The van der Waals surface area contributed by atoms with Crippen molar-refractivity contribution in [2.75, 3.05) is 56.8 Å². The van der Waals surface area contributed by atoms with E-state index in [4.69, 9.17) is 33.0 Å². The van der Waals surface area contributed by atoms with Gasteiger partial charge >= 0.3 is 0 Å². The molecule has 1 aromatic heterocycles. The number of aromatic nitrogens is 1. The molecule has 1 aliphatic heterocycles. The molecule has 9 nitrogen and oxygen atoms in total. The van der Waals surface area contributed by atoms with Gasteiger partial charge in [0.1, 0.15) is 5.75 Å². The molecule has 0 amide bonds. The first-order valence-corrected chi connectivity index (χ1v) is 16.7. The van der Waals surface area contributed by atoms with E-state index in [0.717, 1.165) is 61.2 Å². The number of rotatable bonds is 13. The standard InChI is InChI=1S/C31H39B3N4O5S/c1-4-15-38-23(7-6-14-35-28-11-10-25(44(3,40)41)19-30(28)42-2)18-26-27(8-5-9-29(26)38)36-22-12-16-37(17-13-22)20-24(39)21-43-31(32,33)34/h5,8-11,18-19,22,24,35-36,39H,4,12-17,20-21H2,1-3H3. The molecule has 13 heteroatoms. The molecule has 2 heterocycles. The molecule has 1 unspecified atom stereocenters. The first-order valence-electron chi connectivity index (χ1n) is 14.8. The number of nitrogens with zero attached hydrogens (tertiary/aromatic N) is 2. The quantitative estimate of drug-likeness (QED) is 0.200. The summed E-state index contributed by atoms with van der Waals surface area (Å²) in [6.07, 6.45) is 3.28. The van der Waals surface area contributed by atoms with Crippen LogP contribution in [0.2, 0.25) is 0 Å². The van der Waals surface area contributed by atoms with Crippen LogP contribution in [0.5, 0.6) is 5.75 Å². The Labute approximate surface area is 265 Å². The number of benzene rings is 2. The first kappa shape index (κ1) is 33.8. The number of nitrogens with one attached hydrogen (secondary N) is 2. The Bertz CT molecular complexity index is 1590. The molecule has 0 spiro atoms. The number of β-amino-alcohol motifs (C(OH)–C–C–N with tert-alkyl or cyclic N) is 1. The van der Waals surface area contributed by atoms with Crippen molar-refractivity contribution in [3.8, 4) is 17.6 Å². The van der Waals surface area contributed by atoms with Gasteiger partial charge in [0.2, 0.25) is 0 Å². The lowest BCUT2D eigenvalue weighted by Crippen LogP contribution is -2.45. The molecule has 44 heavy (non-hydrogen) atoms. The van der Waals surface area contributed by atoms with Gasteiger partial charge in [-0.3, -0.25) is 0 Å². The number of hydrogen-bond donors (Lipinski definition) is 3. The lowest BCUT2D eigenvalue weighted by molar-refractivity contribution is 0.00952. The lowest BCUT2D eigenvalue weighted by atomic mass is 9.52. The second-order valence-corrected chi connectivity index (χ2v) is 13.3. The van der Waals surface area contributed by atoms with Gasteiger partial charge in [0, 0.05) is 55.6 Å². The Balaban J connectivity index is 1.41. The summed E-state index contributed by atoms with van der Waals surface area (Å²) in [5.74, 6) is 6.99. The topological polar surface area (TPSA) is 105 Å². The molecule has 3 N–H and O–H groups in total. The number of anilines is 2. The van der Waals surface area contributed by atoms with Gasteiger partial charge in [0.25, 0.3) is 0 Å². The maximum Gasteiger partial charge on any atom is 0.175 e. The van der Waals surface area contributed by atoms with Crippen molar-refractivity contribution < 1.29 is 23.0 Å². The molecule has 0 bridgehead atoms. The number of aryl methyl sites for hydroxylation is 1. The van der Waals surface area contributed by atoms with Crippen molar-refractivity contribution in [1.82, 2.24) is 9.47 Å². The number of ether oxygens (including phenoxy) is 2. The smallest absolute Gasteiger partial charge is 0.175 e. The van der Waals surface area contributed by atoms with Gasteiger partial charge in [0.05, 0.1) is 71.7 Å². The van der Waals surface area contributed by atoms with Crippen LogP contribution in [0.3, 0.4) is 0 Å². The normalized spacial score (nSPS) is 15.5. The highest BCUT2D eigenvalue weighted by atomic mass is 32.2. The van der Waals surface area contributed by atoms with Gasteiger partial charge in [0.15, 0.2) is 9.84 Å². The number of sulfone groups is 1. The Kier molecular flexibility index (Phi) is 11.4. The number of piperidine rings is 1. The summed E-state index contributed by atoms with van der Waals surface area (Å²) in [6.45, 7) is 5.47. The maximum absolute atomic E-state index is 11.9. The van der Waals surface area contributed by atoms with Crippen LogP contribution in [0.25, 0.3) is 10.9 Å². The summed E-state index contributed by atoms with van der Waals surface area (Å²) >= 11 is 0. The monoisotopic (exact) mass is 612 g/mol. The average Bonchev–Trinajstić information content (AvgIpc) is 3.32. The number of likely N-dealkylation sites (tertiary alicyclic amines) is 1. The highest BCUT2D eigenvalue weighted by molar-refractivity contribution is 7.90. The van der Waals surface area contributed by atoms with Crippen LogP contribution in [-0.4, -0.2) is 110 Å². The zero-order valence-electron chi connectivity index (χ0n) is 25.7. The lowest BCUT2D eigenvalue weighted by Gasteiger charge is -2.34. The Morgan fingerprint density at radius 3 is 2.55 bits per heavy atom. The van der Waals surface area contributed by atoms with Gasteiger partial charge < -0.3 is 34.7 Å². The van der Waals surface area contributed by atoms with Crippen LogP contribution in [0.4, 0.5) is 11.4 Å². The van der Waals surface area contributed by atoms with Crippen LogP contribution >= 0.6 is 0 Å². The molecule has 0 saturated carbocycles. The van der Waals surface area contributed by atoms with Crippen molar-refractivity contribution in [3.05, 3.63) is 48.2 Å². The van der Waals surface area contributed by atoms with E-state index in [0.29, 0.717) is 30.6 Å². The molecule has 228 valence electrons. The molecule has 2 aromatic carbocycles. The van der Waals surface area contributed by atoms with E-state index in [1.54, 1.807) is 12.1 Å². The Morgan fingerprint density at radius 1 is 1.14 bits per heavy atom. The molecule has 3 aromatic rings. The zero-order valence-corrected chi connectivity index (χ0v) is 26.5. The molecule has 1 fully saturated rings. The minimum absolute atomic E-state index is 0.0214. The molecule has 4 rings (SSSR count). The van der Waals surface area contributed by atoms with Crippen LogP contribution in [-0.2, 0) is 21.1 Å². The van der Waals surface area contributed by atoms with E-state index in [1.165, 1.54) is 19.4 Å². The fourth-order valence-electron chi connectivity index (χ4n) is 5.37. The Hall–Kier alpha value is -3.04. The highest BCUT2D eigenvalue weighted by Crippen LogP contribution is 2.30. The molecular weight excluding hydrogens is 573 g/mol. The van der Waals surface area contributed by atoms with Gasteiger partial charge in [-0.15, -0.1) is 0 Å². The van der Waals surface area contributed by atoms with E-state index in [2.05, 4.69) is 63.1 Å². The van der Waals surface area contributed by atoms with Gasteiger partial charge in [-0.1, -0.05) is 18.9 Å². The van der Waals surface area contributed by atoms with E-state index in [9.17, 15) is 13.5 Å². The van der Waals surface area contributed by atoms with Crippen LogP contribution in [0.15, 0.2) is 47.4 Å². The summed E-state index contributed by atoms with van der Waals surface area (Å²) in [4.78, 5) is 2.40. The van der Waals surface area contributed by atoms with Crippen LogP contribution < -0.4 is 15.4 Å². The fourth-order valence-corrected chi connectivity index (χ4v) is 6.01. The van der Waals surface area contributed by atoms with Crippen molar-refractivity contribution in [1.29, 1.82) is 0 Å². The molecule has 1 saturated heterocycles. The number of fused-ring (bicyclic) bond motifs is 1. The third kappa shape index (κ3) is 9.24. The zero-order chi connectivity index (χ0) is 31.9. The summed E-state index contributed by atoms with van der Waals surface area (Å²) in [5.41, 5.74) is 3.81. The molecule has 0 aliphatic carbocycles. The second-order valence-electron chi connectivity index (χ2n) is 11.2. The minimum atomic E-state index is -3.33. The van der Waals surface area contributed by atoms with E-state index in [1.807, 2.05) is 0 Å².